The Kier molecular flexibility index (Phi) is 6.98. The third-order valence-corrected chi connectivity index (χ3v) is 5.67. The minimum absolute atomic E-state index is 0. The van der Waals surface area contributed by atoms with Crippen molar-refractivity contribution in [1.29, 1.82) is 0 Å². The molecule has 0 saturated carbocycles. The lowest BCUT2D eigenvalue weighted by atomic mass is 9.76. The molecule has 0 aliphatic heterocycles. The molecule has 3 rings (SSSR count). The standard InChI is InChI=1S/C20H22Cl2N2O.ClH/c1-23-19-9-7-14(12-5-8-17(21)18(22)11-12)16-10-13(4-6-15(16)19)20(25)24(2)3;/h4-6,8,10-11,14,19,23H,7,9H2,1-3H3;1H/t14-,19-;/m0./s1. The maximum atomic E-state index is 12.4. The van der Waals surface area contributed by atoms with Gasteiger partial charge in [-0.3, -0.25) is 4.79 Å². The van der Waals surface area contributed by atoms with Crippen molar-refractivity contribution in [2.75, 3.05) is 21.1 Å². The van der Waals surface area contributed by atoms with Crippen LogP contribution >= 0.6 is 35.6 Å². The molecule has 1 aliphatic carbocycles. The van der Waals surface area contributed by atoms with Crippen molar-refractivity contribution in [2.45, 2.75) is 24.8 Å². The SMILES string of the molecule is CN[C@H]1CC[C@@H](c2ccc(Cl)c(Cl)c2)c2cc(C(=O)N(C)C)ccc21.Cl. The highest BCUT2D eigenvalue weighted by Crippen LogP contribution is 2.42. The summed E-state index contributed by atoms with van der Waals surface area (Å²) in [5, 5.41) is 4.51. The van der Waals surface area contributed by atoms with E-state index in [4.69, 9.17) is 23.2 Å². The summed E-state index contributed by atoms with van der Waals surface area (Å²) >= 11 is 12.3. The molecule has 2 aromatic carbocycles. The molecule has 1 N–H and O–H groups in total. The molecule has 0 heterocycles. The van der Waals surface area contributed by atoms with E-state index < -0.39 is 0 Å². The second-order valence-corrected chi connectivity index (χ2v) is 7.50. The van der Waals surface area contributed by atoms with Gasteiger partial charge in [-0.25, -0.2) is 0 Å². The second-order valence-electron chi connectivity index (χ2n) is 6.69. The van der Waals surface area contributed by atoms with Crippen LogP contribution in [-0.4, -0.2) is 32.0 Å². The molecule has 0 radical (unpaired) electrons. The molecule has 0 aromatic heterocycles. The van der Waals surface area contributed by atoms with E-state index in [1.807, 2.05) is 37.4 Å². The van der Waals surface area contributed by atoms with Gasteiger partial charge < -0.3 is 10.2 Å². The topological polar surface area (TPSA) is 32.3 Å². The van der Waals surface area contributed by atoms with E-state index in [9.17, 15) is 4.79 Å². The van der Waals surface area contributed by atoms with E-state index in [0.717, 1.165) is 18.4 Å². The zero-order valence-electron chi connectivity index (χ0n) is 15.1. The molecule has 1 aliphatic rings. The summed E-state index contributed by atoms with van der Waals surface area (Å²) in [6.45, 7) is 0. The van der Waals surface area contributed by atoms with Gasteiger partial charge >= 0.3 is 0 Å². The van der Waals surface area contributed by atoms with Crippen molar-refractivity contribution < 1.29 is 4.79 Å². The predicted molar refractivity (Wildman–Crippen MR) is 111 cm³/mol. The van der Waals surface area contributed by atoms with Gasteiger partial charge in [-0.2, -0.15) is 0 Å². The zero-order chi connectivity index (χ0) is 18.1. The van der Waals surface area contributed by atoms with Crippen LogP contribution in [0, 0.1) is 0 Å². The van der Waals surface area contributed by atoms with E-state index in [0.29, 0.717) is 21.7 Å². The van der Waals surface area contributed by atoms with Gasteiger partial charge in [0.25, 0.3) is 5.91 Å². The van der Waals surface area contributed by atoms with Crippen molar-refractivity contribution in [3.05, 3.63) is 68.7 Å². The molecular weight excluding hydrogens is 391 g/mol. The fourth-order valence-corrected chi connectivity index (χ4v) is 3.91. The van der Waals surface area contributed by atoms with Gasteiger partial charge in [0, 0.05) is 31.6 Å². The van der Waals surface area contributed by atoms with E-state index >= 15 is 0 Å². The number of hydrogen-bond donors (Lipinski definition) is 1. The smallest absolute Gasteiger partial charge is 0.253 e. The minimum Gasteiger partial charge on any atom is -0.345 e. The molecule has 26 heavy (non-hydrogen) atoms. The van der Waals surface area contributed by atoms with E-state index in [1.54, 1.807) is 19.0 Å². The van der Waals surface area contributed by atoms with Crippen molar-refractivity contribution in [3.63, 3.8) is 0 Å². The highest BCUT2D eigenvalue weighted by atomic mass is 35.5. The lowest BCUT2D eigenvalue weighted by Gasteiger charge is -2.32. The zero-order valence-corrected chi connectivity index (χ0v) is 17.4. The number of nitrogens with zero attached hydrogens (tertiary/aromatic N) is 1. The first kappa shape index (κ1) is 21.0. The Morgan fingerprint density at radius 1 is 1.04 bits per heavy atom. The predicted octanol–water partition coefficient (Wildman–Crippen LogP) is 5.30. The first-order chi connectivity index (χ1) is 11.9. The van der Waals surface area contributed by atoms with Crippen LogP contribution in [-0.2, 0) is 0 Å². The Balaban J connectivity index is 0.00000243. The fraction of sp³-hybridized carbons (Fsp3) is 0.350. The molecular formula is C20H23Cl3N2O. The summed E-state index contributed by atoms with van der Waals surface area (Å²) < 4.78 is 0. The average Bonchev–Trinajstić information content (AvgIpc) is 2.62. The summed E-state index contributed by atoms with van der Waals surface area (Å²) in [5.74, 6) is 0.228. The van der Waals surface area contributed by atoms with Crippen LogP contribution in [0.1, 0.15) is 51.8 Å². The number of carbonyl (C=O) groups excluding carboxylic acids is 1. The Labute approximate surface area is 171 Å². The van der Waals surface area contributed by atoms with Crippen LogP contribution in [0.15, 0.2) is 36.4 Å². The van der Waals surface area contributed by atoms with Gasteiger partial charge in [0.15, 0.2) is 0 Å². The number of fused-ring (bicyclic) bond motifs is 1. The number of carbonyl (C=O) groups is 1. The minimum atomic E-state index is 0. The fourth-order valence-electron chi connectivity index (χ4n) is 3.60. The average molecular weight is 414 g/mol. The lowest BCUT2D eigenvalue weighted by Crippen LogP contribution is -2.26. The number of halogens is 3. The Morgan fingerprint density at radius 2 is 1.77 bits per heavy atom. The van der Waals surface area contributed by atoms with Crippen molar-refractivity contribution in [2.24, 2.45) is 0 Å². The van der Waals surface area contributed by atoms with Crippen LogP contribution in [0.2, 0.25) is 10.0 Å². The normalized spacial score (nSPS) is 18.7. The quantitative estimate of drug-likeness (QED) is 0.740. The molecule has 0 spiro atoms. The Bertz CT molecular complexity index is 808. The maximum Gasteiger partial charge on any atom is 0.253 e. The van der Waals surface area contributed by atoms with Gasteiger partial charge in [0.2, 0.25) is 0 Å². The second kappa shape index (κ2) is 8.62. The Morgan fingerprint density at radius 3 is 2.38 bits per heavy atom. The first-order valence-electron chi connectivity index (χ1n) is 8.40. The highest BCUT2D eigenvalue weighted by Gasteiger charge is 2.28. The molecule has 140 valence electrons. The summed E-state index contributed by atoms with van der Waals surface area (Å²) in [5.41, 5.74) is 4.29. The Hall–Kier alpha value is -1.26. The first-order valence-corrected chi connectivity index (χ1v) is 9.15. The molecule has 6 heteroatoms. The summed E-state index contributed by atoms with van der Waals surface area (Å²) in [7, 11) is 5.52. The van der Waals surface area contributed by atoms with Gasteiger partial charge in [0.05, 0.1) is 10.0 Å². The van der Waals surface area contributed by atoms with Crippen LogP contribution < -0.4 is 5.32 Å². The van der Waals surface area contributed by atoms with Crippen molar-refractivity contribution >= 4 is 41.5 Å². The number of amides is 1. The lowest BCUT2D eigenvalue weighted by molar-refractivity contribution is 0.0827. The van der Waals surface area contributed by atoms with Crippen LogP contribution in [0.5, 0.6) is 0 Å². The van der Waals surface area contributed by atoms with Crippen LogP contribution in [0.4, 0.5) is 0 Å². The molecule has 1 amide bonds. The molecule has 0 unspecified atom stereocenters. The number of benzene rings is 2. The van der Waals surface area contributed by atoms with Gasteiger partial charge in [-0.1, -0.05) is 35.3 Å². The van der Waals surface area contributed by atoms with E-state index in [2.05, 4.69) is 11.4 Å². The molecule has 2 aromatic rings. The largest absolute Gasteiger partial charge is 0.345 e. The summed E-state index contributed by atoms with van der Waals surface area (Å²) in [6, 6.07) is 12.2. The van der Waals surface area contributed by atoms with E-state index in [1.165, 1.54) is 11.1 Å². The third kappa shape index (κ3) is 4.01. The molecule has 0 bridgehead atoms. The maximum absolute atomic E-state index is 12.4. The molecule has 0 fully saturated rings. The van der Waals surface area contributed by atoms with Gasteiger partial charge in [-0.15, -0.1) is 12.4 Å². The van der Waals surface area contributed by atoms with Crippen molar-refractivity contribution in [1.82, 2.24) is 10.2 Å². The number of rotatable bonds is 3. The van der Waals surface area contributed by atoms with E-state index in [-0.39, 0.29) is 24.2 Å². The number of hydrogen-bond acceptors (Lipinski definition) is 2. The van der Waals surface area contributed by atoms with Crippen molar-refractivity contribution in [3.8, 4) is 0 Å². The van der Waals surface area contributed by atoms with Gasteiger partial charge in [0.1, 0.15) is 0 Å². The van der Waals surface area contributed by atoms with Crippen LogP contribution in [0.25, 0.3) is 0 Å². The van der Waals surface area contributed by atoms with Crippen LogP contribution in [0.3, 0.4) is 0 Å². The molecule has 0 saturated heterocycles. The molecule has 2 atom stereocenters. The third-order valence-electron chi connectivity index (χ3n) is 4.93. The number of nitrogens with one attached hydrogen (secondary N) is 1. The molecule has 3 nitrogen and oxygen atoms in total. The van der Waals surface area contributed by atoms with Gasteiger partial charge in [-0.05, 0) is 60.8 Å². The monoisotopic (exact) mass is 412 g/mol. The summed E-state index contributed by atoms with van der Waals surface area (Å²) in [6.07, 6.45) is 2.03. The highest BCUT2D eigenvalue weighted by molar-refractivity contribution is 6.42. The summed E-state index contributed by atoms with van der Waals surface area (Å²) in [4.78, 5) is 14.0.